The Morgan fingerprint density at radius 2 is 2.22 bits per heavy atom. The third kappa shape index (κ3) is 3.56. The molecule has 0 saturated carbocycles. The minimum absolute atomic E-state index is 0.398. The van der Waals surface area contributed by atoms with Crippen LogP contribution >= 0.6 is 27.3 Å². The number of hydrogen-bond acceptors (Lipinski definition) is 3. The molecule has 0 radical (unpaired) electrons. The van der Waals surface area contributed by atoms with E-state index in [1.54, 1.807) is 0 Å². The zero-order chi connectivity index (χ0) is 13.2. The first-order valence-corrected chi connectivity index (χ1v) is 8.37. The van der Waals surface area contributed by atoms with Crippen molar-refractivity contribution in [2.45, 2.75) is 39.2 Å². The van der Waals surface area contributed by atoms with Crippen molar-refractivity contribution in [1.82, 2.24) is 4.90 Å². The van der Waals surface area contributed by atoms with Crippen LogP contribution in [-0.4, -0.2) is 24.5 Å². The Kier molecular flexibility index (Phi) is 4.86. The first-order chi connectivity index (χ1) is 8.52. The predicted molar refractivity (Wildman–Crippen MR) is 83.0 cm³/mol. The van der Waals surface area contributed by atoms with Crippen LogP contribution in [0.15, 0.2) is 15.9 Å². The van der Waals surface area contributed by atoms with Gasteiger partial charge in [0.05, 0.1) is 6.04 Å². The van der Waals surface area contributed by atoms with E-state index in [4.69, 9.17) is 5.73 Å². The summed E-state index contributed by atoms with van der Waals surface area (Å²) in [5.41, 5.74) is 6.50. The van der Waals surface area contributed by atoms with Crippen LogP contribution in [0.5, 0.6) is 0 Å². The van der Waals surface area contributed by atoms with Gasteiger partial charge in [-0.3, -0.25) is 4.90 Å². The van der Waals surface area contributed by atoms with E-state index in [2.05, 4.69) is 46.1 Å². The van der Waals surface area contributed by atoms with Gasteiger partial charge in [0.2, 0.25) is 0 Å². The highest BCUT2D eigenvalue weighted by molar-refractivity contribution is 9.10. The van der Waals surface area contributed by atoms with Gasteiger partial charge in [0, 0.05) is 21.3 Å². The highest BCUT2D eigenvalue weighted by Gasteiger charge is 2.27. The van der Waals surface area contributed by atoms with E-state index in [0.29, 0.717) is 18.0 Å². The topological polar surface area (TPSA) is 29.3 Å². The van der Waals surface area contributed by atoms with Crippen molar-refractivity contribution in [1.29, 1.82) is 0 Å². The lowest BCUT2D eigenvalue weighted by Crippen LogP contribution is -2.34. The van der Waals surface area contributed by atoms with Gasteiger partial charge >= 0.3 is 0 Å². The average molecular weight is 331 g/mol. The van der Waals surface area contributed by atoms with Gasteiger partial charge in [-0.25, -0.2) is 0 Å². The number of thiophene rings is 1. The van der Waals surface area contributed by atoms with Gasteiger partial charge in [-0.1, -0.05) is 13.8 Å². The van der Waals surface area contributed by atoms with Gasteiger partial charge < -0.3 is 5.73 Å². The van der Waals surface area contributed by atoms with Gasteiger partial charge in [-0.05, 0) is 59.8 Å². The molecule has 1 aliphatic heterocycles. The Morgan fingerprint density at radius 1 is 1.44 bits per heavy atom. The van der Waals surface area contributed by atoms with Crippen LogP contribution in [0.4, 0.5) is 0 Å². The lowest BCUT2D eigenvalue weighted by atomic mass is 9.85. The lowest BCUT2D eigenvalue weighted by Gasteiger charge is -2.29. The molecule has 1 fully saturated rings. The summed E-state index contributed by atoms with van der Waals surface area (Å²) in [4.78, 5) is 3.97. The van der Waals surface area contributed by atoms with Crippen LogP contribution in [-0.2, 0) is 0 Å². The van der Waals surface area contributed by atoms with E-state index in [0.717, 1.165) is 0 Å². The highest BCUT2D eigenvalue weighted by Crippen LogP contribution is 2.34. The fraction of sp³-hybridized carbons (Fsp3) is 0.714. The Hall–Kier alpha value is 0.1000. The van der Waals surface area contributed by atoms with E-state index >= 15 is 0 Å². The molecule has 18 heavy (non-hydrogen) atoms. The van der Waals surface area contributed by atoms with E-state index in [9.17, 15) is 0 Å². The molecule has 102 valence electrons. The molecule has 1 aliphatic rings. The summed E-state index contributed by atoms with van der Waals surface area (Å²) >= 11 is 5.35. The first-order valence-electron chi connectivity index (χ1n) is 6.70. The molecule has 0 amide bonds. The minimum atomic E-state index is 0.398. The van der Waals surface area contributed by atoms with Gasteiger partial charge in [0.15, 0.2) is 0 Å². The molecular formula is C14H23BrN2S. The van der Waals surface area contributed by atoms with Crippen molar-refractivity contribution < 1.29 is 0 Å². The summed E-state index contributed by atoms with van der Waals surface area (Å²) in [6.45, 7) is 7.84. The summed E-state index contributed by atoms with van der Waals surface area (Å²) in [6, 6.07) is 2.62. The molecule has 2 heterocycles. The largest absolute Gasteiger partial charge is 0.329 e. The van der Waals surface area contributed by atoms with Crippen LogP contribution in [0.2, 0.25) is 0 Å². The molecule has 1 saturated heterocycles. The Morgan fingerprint density at radius 3 is 2.83 bits per heavy atom. The number of halogens is 1. The molecule has 0 bridgehead atoms. The van der Waals surface area contributed by atoms with Crippen LogP contribution in [0.25, 0.3) is 0 Å². The second-order valence-electron chi connectivity index (χ2n) is 5.97. The van der Waals surface area contributed by atoms with E-state index in [1.165, 1.54) is 41.7 Å². The molecule has 1 atom stereocenters. The molecule has 0 aliphatic carbocycles. The van der Waals surface area contributed by atoms with Gasteiger partial charge in [0.1, 0.15) is 0 Å². The highest BCUT2D eigenvalue weighted by atomic mass is 79.9. The minimum Gasteiger partial charge on any atom is -0.329 e. The number of rotatable bonds is 3. The maximum Gasteiger partial charge on any atom is 0.0564 e. The van der Waals surface area contributed by atoms with E-state index in [1.807, 2.05) is 11.3 Å². The Labute approximate surface area is 123 Å². The van der Waals surface area contributed by atoms with Crippen molar-refractivity contribution in [3.05, 3.63) is 20.8 Å². The number of likely N-dealkylation sites (tertiary alicyclic amines) is 1. The molecule has 2 nitrogen and oxygen atoms in total. The standard InChI is InChI=1S/C14H23BrN2S/c1-14(2)4-3-6-17(7-5-14)12(9-16)13-8-11(15)10-18-13/h8,10,12H,3-7,9,16H2,1-2H3. The summed E-state index contributed by atoms with van der Waals surface area (Å²) < 4.78 is 1.18. The molecule has 4 heteroatoms. The second-order valence-corrected chi connectivity index (χ2v) is 7.83. The van der Waals surface area contributed by atoms with Crippen LogP contribution in [0.3, 0.4) is 0 Å². The molecular weight excluding hydrogens is 308 g/mol. The monoisotopic (exact) mass is 330 g/mol. The van der Waals surface area contributed by atoms with Crippen molar-refractivity contribution in [3.8, 4) is 0 Å². The molecule has 0 spiro atoms. The smallest absolute Gasteiger partial charge is 0.0564 e. The van der Waals surface area contributed by atoms with Crippen LogP contribution < -0.4 is 5.73 Å². The SMILES string of the molecule is CC1(C)CCCN(C(CN)c2cc(Br)cs2)CC1. The van der Waals surface area contributed by atoms with Gasteiger partial charge in [-0.2, -0.15) is 0 Å². The quantitative estimate of drug-likeness (QED) is 0.906. The molecule has 2 rings (SSSR count). The maximum absolute atomic E-state index is 6.01. The Bertz CT molecular complexity index is 389. The zero-order valence-corrected chi connectivity index (χ0v) is 13.7. The summed E-state index contributed by atoms with van der Waals surface area (Å²) in [7, 11) is 0. The van der Waals surface area contributed by atoms with Crippen molar-refractivity contribution in [2.75, 3.05) is 19.6 Å². The van der Waals surface area contributed by atoms with Crippen molar-refractivity contribution in [3.63, 3.8) is 0 Å². The van der Waals surface area contributed by atoms with Gasteiger partial charge in [0.25, 0.3) is 0 Å². The van der Waals surface area contributed by atoms with E-state index < -0.39 is 0 Å². The lowest BCUT2D eigenvalue weighted by molar-refractivity contribution is 0.202. The fourth-order valence-electron chi connectivity index (χ4n) is 2.70. The molecule has 0 aromatic carbocycles. The average Bonchev–Trinajstić information content (AvgIpc) is 2.64. The third-order valence-electron chi connectivity index (χ3n) is 3.95. The molecule has 1 aromatic rings. The maximum atomic E-state index is 6.01. The van der Waals surface area contributed by atoms with Gasteiger partial charge in [-0.15, -0.1) is 11.3 Å². The van der Waals surface area contributed by atoms with Crippen molar-refractivity contribution >= 4 is 27.3 Å². The third-order valence-corrected chi connectivity index (χ3v) is 5.75. The van der Waals surface area contributed by atoms with E-state index in [-0.39, 0.29) is 0 Å². The molecule has 2 N–H and O–H groups in total. The molecule has 1 unspecified atom stereocenters. The fourth-order valence-corrected chi connectivity index (χ4v) is 4.30. The summed E-state index contributed by atoms with van der Waals surface area (Å²) in [5.74, 6) is 0. The molecule has 1 aromatic heterocycles. The van der Waals surface area contributed by atoms with Crippen LogP contribution in [0.1, 0.15) is 44.0 Å². The normalized spacial score (nSPS) is 22.7. The number of nitrogens with zero attached hydrogens (tertiary/aromatic N) is 1. The number of hydrogen-bond donors (Lipinski definition) is 1. The Balaban J connectivity index is 2.08. The summed E-state index contributed by atoms with van der Waals surface area (Å²) in [6.07, 6.45) is 3.89. The van der Waals surface area contributed by atoms with Crippen LogP contribution in [0, 0.1) is 5.41 Å². The summed E-state index contributed by atoms with van der Waals surface area (Å²) in [5, 5.41) is 2.15. The second kappa shape index (κ2) is 6.04. The predicted octanol–water partition coefficient (Wildman–Crippen LogP) is 4.02. The zero-order valence-electron chi connectivity index (χ0n) is 11.3. The number of nitrogens with two attached hydrogens (primary N) is 1. The van der Waals surface area contributed by atoms with Crippen molar-refractivity contribution in [2.24, 2.45) is 11.1 Å². The first kappa shape index (κ1) is 14.5.